The summed E-state index contributed by atoms with van der Waals surface area (Å²) in [5.74, 6) is -0.368. The summed E-state index contributed by atoms with van der Waals surface area (Å²) in [6.45, 7) is 1.18. The zero-order chi connectivity index (χ0) is 19.1. The van der Waals surface area contributed by atoms with Gasteiger partial charge in [0.05, 0.1) is 30.1 Å². The number of aliphatic hydroxyl groups excluding tert-OH is 2. The van der Waals surface area contributed by atoms with E-state index < -0.39 is 12.1 Å². The molecule has 0 saturated heterocycles. The van der Waals surface area contributed by atoms with Gasteiger partial charge < -0.3 is 20.4 Å². The van der Waals surface area contributed by atoms with Crippen LogP contribution in [0, 0.1) is 0 Å². The Labute approximate surface area is 153 Å². The molecule has 2 aromatic carbocycles. The summed E-state index contributed by atoms with van der Waals surface area (Å²) in [4.78, 5) is 14.1. The van der Waals surface area contributed by atoms with Gasteiger partial charge in [-0.3, -0.25) is 4.79 Å². The molecule has 0 fully saturated rings. The SMILES string of the molecule is CC(O)[C@@H](CO)NC(=O)c1ccc(N=Nc2ccc(N(C)C)cc2)cc1. The first-order valence-electron chi connectivity index (χ1n) is 8.29. The number of azo groups is 1. The molecule has 26 heavy (non-hydrogen) atoms. The molecule has 2 rings (SSSR count). The molecule has 0 aromatic heterocycles. The molecule has 0 aliphatic rings. The van der Waals surface area contributed by atoms with Gasteiger partial charge in [0.15, 0.2) is 0 Å². The van der Waals surface area contributed by atoms with E-state index in [1.54, 1.807) is 24.3 Å². The fourth-order valence-corrected chi connectivity index (χ4v) is 2.18. The summed E-state index contributed by atoms with van der Waals surface area (Å²) in [6.07, 6.45) is -0.837. The topological polar surface area (TPSA) is 97.5 Å². The van der Waals surface area contributed by atoms with Crippen molar-refractivity contribution < 1.29 is 15.0 Å². The number of anilines is 1. The van der Waals surface area contributed by atoms with E-state index in [1.165, 1.54) is 6.92 Å². The second-order valence-corrected chi connectivity index (χ2v) is 6.16. The highest BCUT2D eigenvalue weighted by Gasteiger charge is 2.17. The molecule has 0 spiro atoms. The number of benzene rings is 2. The molecule has 0 heterocycles. The van der Waals surface area contributed by atoms with Crippen LogP contribution in [-0.2, 0) is 0 Å². The van der Waals surface area contributed by atoms with Gasteiger partial charge >= 0.3 is 0 Å². The fourth-order valence-electron chi connectivity index (χ4n) is 2.18. The van der Waals surface area contributed by atoms with Crippen LogP contribution in [0.4, 0.5) is 17.1 Å². The van der Waals surface area contributed by atoms with Gasteiger partial charge in [0.25, 0.3) is 5.91 Å². The van der Waals surface area contributed by atoms with E-state index in [4.69, 9.17) is 5.11 Å². The van der Waals surface area contributed by atoms with Crippen LogP contribution in [0.3, 0.4) is 0 Å². The number of nitrogens with one attached hydrogen (secondary N) is 1. The number of rotatable bonds is 7. The van der Waals surface area contributed by atoms with Gasteiger partial charge in [0.2, 0.25) is 0 Å². The number of hydrogen-bond acceptors (Lipinski definition) is 6. The second-order valence-electron chi connectivity index (χ2n) is 6.16. The second kappa shape index (κ2) is 9.07. The zero-order valence-corrected chi connectivity index (χ0v) is 15.1. The van der Waals surface area contributed by atoms with Crippen molar-refractivity contribution in [2.75, 3.05) is 25.6 Å². The predicted octanol–water partition coefficient (Wildman–Crippen LogP) is 2.64. The highest BCUT2D eigenvalue weighted by Crippen LogP contribution is 2.21. The maximum atomic E-state index is 12.1. The minimum atomic E-state index is -0.837. The van der Waals surface area contributed by atoms with Crippen LogP contribution in [0.1, 0.15) is 17.3 Å². The van der Waals surface area contributed by atoms with Gasteiger partial charge in [-0.25, -0.2) is 0 Å². The van der Waals surface area contributed by atoms with Crippen LogP contribution in [0.5, 0.6) is 0 Å². The Balaban J connectivity index is 2.01. The lowest BCUT2D eigenvalue weighted by Crippen LogP contribution is -2.44. The number of carbonyl (C=O) groups excluding carboxylic acids is 1. The molecule has 7 heteroatoms. The van der Waals surface area contributed by atoms with E-state index in [0.717, 1.165) is 11.4 Å². The monoisotopic (exact) mass is 356 g/mol. The van der Waals surface area contributed by atoms with Gasteiger partial charge in [0, 0.05) is 25.3 Å². The smallest absolute Gasteiger partial charge is 0.251 e. The van der Waals surface area contributed by atoms with Gasteiger partial charge in [-0.15, -0.1) is 0 Å². The van der Waals surface area contributed by atoms with E-state index in [1.807, 2.05) is 43.3 Å². The quantitative estimate of drug-likeness (QED) is 0.664. The molecule has 0 radical (unpaired) electrons. The Kier molecular flexibility index (Phi) is 6.82. The minimum absolute atomic E-state index is 0.331. The first kappa shape index (κ1) is 19.6. The molecule has 7 nitrogen and oxygen atoms in total. The normalized spacial score (nSPS) is 13.4. The van der Waals surface area contributed by atoms with Gasteiger partial charge in [-0.05, 0) is 55.5 Å². The van der Waals surface area contributed by atoms with Crippen LogP contribution < -0.4 is 10.2 Å². The van der Waals surface area contributed by atoms with E-state index in [2.05, 4.69) is 15.5 Å². The lowest BCUT2D eigenvalue weighted by atomic mass is 10.1. The average molecular weight is 356 g/mol. The van der Waals surface area contributed by atoms with E-state index in [0.29, 0.717) is 11.3 Å². The van der Waals surface area contributed by atoms with Crippen molar-refractivity contribution in [1.29, 1.82) is 0 Å². The summed E-state index contributed by atoms with van der Waals surface area (Å²) in [5, 5.41) is 29.5. The van der Waals surface area contributed by atoms with Gasteiger partial charge in [0.1, 0.15) is 0 Å². The summed E-state index contributed by atoms with van der Waals surface area (Å²) in [5.41, 5.74) is 2.85. The first-order chi connectivity index (χ1) is 12.4. The van der Waals surface area contributed by atoms with Crippen LogP contribution in [0.15, 0.2) is 58.8 Å². The molecule has 2 atom stereocenters. The van der Waals surface area contributed by atoms with Gasteiger partial charge in [-0.1, -0.05) is 0 Å². The Morgan fingerprint density at radius 2 is 1.54 bits per heavy atom. The Morgan fingerprint density at radius 1 is 1.04 bits per heavy atom. The first-order valence-corrected chi connectivity index (χ1v) is 8.29. The van der Waals surface area contributed by atoms with E-state index in [-0.39, 0.29) is 12.5 Å². The van der Waals surface area contributed by atoms with Crippen LogP contribution in [0.25, 0.3) is 0 Å². The molecule has 1 unspecified atom stereocenters. The largest absolute Gasteiger partial charge is 0.394 e. The molecule has 2 aromatic rings. The molecule has 0 aliphatic heterocycles. The maximum absolute atomic E-state index is 12.1. The molecule has 138 valence electrons. The lowest BCUT2D eigenvalue weighted by molar-refractivity contribution is 0.0758. The third-order valence-corrected chi connectivity index (χ3v) is 3.87. The maximum Gasteiger partial charge on any atom is 0.251 e. The van der Waals surface area contributed by atoms with Crippen LogP contribution in [-0.4, -0.2) is 49.0 Å². The number of aliphatic hydroxyl groups is 2. The van der Waals surface area contributed by atoms with Crippen molar-refractivity contribution in [2.24, 2.45) is 10.2 Å². The number of nitrogens with zero attached hydrogens (tertiary/aromatic N) is 3. The number of hydrogen-bond donors (Lipinski definition) is 3. The van der Waals surface area contributed by atoms with Crippen molar-refractivity contribution in [3.63, 3.8) is 0 Å². The van der Waals surface area contributed by atoms with Crippen molar-refractivity contribution in [1.82, 2.24) is 5.32 Å². The summed E-state index contributed by atoms with van der Waals surface area (Å²) < 4.78 is 0. The van der Waals surface area contributed by atoms with Crippen molar-refractivity contribution in [2.45, 2.75) is 19.1 Å². The van der Waals surface area contributed by atoms with Gasteiger partial charge in [-0.2, -0.15) is 10.2 Å². The number of amides is 1. The zero-order valence-electron chi connectivity index (χ0n) is 15.1. The molecule has 0 bridgehead atoms. The molecule has 0 aliphatic carbocycles. The summed E-state index contributed by atoms with van der Waals surface area (Å²) >= 11 is 0. The Hall–Kier alpha value is -2.77. The Morgan fingerprint density at radius 3 is 1.96 bits per heavy atom. The molecule has 0 saturated carbocycles. The van der Waals surface area contributed by atoms with Crippen LogP contribution in [0.2, 0.25) is 0 Å². The van der Waals surface area contributed by atoms with Crippen molar-refractivity contribution in [3.8, 4) is 0 Å². The highest BCUT2D eigenvalue weighted by atomic mass is 16.3. The standard InChI is InChI=1S/C19H24N4O3/c1-13(25)18(12-24)20-19(26)14-4-6-15(7-5-14)21-22-16-8-10-17(11-9-16)23(2)3/h4-11,13,18,24-25H,12H2,1-3H3,(H,20,26)/t13?,18-/m1/s1. The number of carbonyl (C=O) groups is 1. The molecular formula is C19H24N4O3. The minimum Gasteiger partial charge on any atom is -0.394 e. The van der Waals surface area contributed by atoms with Crippen molar-refractivity contribution >= 4 is 23.0 Å². The summed E-state index contributed by atoms with van der Waals surface area (Å²) in [7, 11) is 3.94. The fraction of sp³-hybridized carbons (Fsp3) is 0.316. The molecule has 3 N–H and O–H groups in total. The van der Waals surface area contributed by atoms with Crippen molar-refractivity contribution in [3.05, 3.63) is 54.1 Å². The summed E-state index contributed by atoms with van der Waals surface area (Å²) in [6, 6.07) is 13.6. The molecular weight excluding hydrogens is 332 g/mol. The predicted molar refractivity (Wildman–Crippen MR) is 101 cm³/mol. The van der Waals surface area contributed by atoms with Crippen LogP contribution >= 0.6 is 0 Å². The highest BCUT2D eigenvalue weighted by molar-refractivity contribution is 5.94. The Bertz CT molecular complexity index is 740. The average Bonchev–Trinajstić information content (AvgIpc) is 2.64. The lowest BCUT2D eigenvalue weighted by Gasteiger charge is -2.18. The van der Waals surface area contributed by atoms with E-state index >= 15 is 0 Å². The molecule has 1 amide bonds. The third-order valence-electron chi connectivity index (χ3n) is 3.87. The third kappa shape index (κ3) is 5.37. The van der Waals surface area contributed by atoms with E-state index in [9.17, 15) is 9.90 Å².